The van der Waals surface area contributed by atoms with Crippen LogP contribution in [-0.2, 0) is 16.1 Å². The molecule has 1 aromatic carbocycles. The van der Waals surface area contributed by atoms with Crippen molar-refractivity contribution in [2.24, 2.45) is 0 Å². The highest BCUT2D eigenvalue weighted by molar-refractivity contribution is 5.76. The van der Waals surface area contributed by atoms with Crippen molar-refractivity contribution in [2.75, 3.05) is 19.7 Å². The monoisotopic (exact) mass is 357 g/mol. The number of carboxylic acid groups (broad SMARTS) is 1. The van der Waals surface area contributed by atoms with Gasteiger partial charge in [0.2, 0.25) is 5.91 Å². The van der Waals surface area contributed by atoms with E-state index >= 15 is 0 Å². The summed E-state index contributed by atoms with van der Waals surface area (Å²) < 4.78 is 7.12. The molecule has 1 atom stereocenters. The zero-order valence-electron chi connectivity index (χ0n) is 14.6. The molecule has 0 bridgehead atoms. The summed E-state index contributed by atoms with van der Waals surface area (Å²) in [6.45, 7) is 1.52. The molecule has 1 amide bonds. The summed E-state index contributed by atoms with van der Waals surface area (Å²) in [7, 11) is 0. The number of amides is 1. The van der Waals surface area contributed by atoms with Gasteiger partial charge in [0, 0.05) is 30.9 Å². The summed E-state index contributed by atoms with van der Waals surface area (Å²) >= 11 is 0. The molecule has 7 nitrogen and oxygen atoms in total. The Bertz CT molecular complexity index is 744. The Kier molecular flexibility index (Phi) is 5.88. The van der Waals surface area contributed by atoms with Crippen LogP contribution in [0.15, 0.2) is 42.6 Å². The van der Waals surface area contributed by atoms with Gasteiger partial charge in [-0.25, -0.2) is 0 Å². The third kappa shape index (κ3) is 4.62. The minimum Gasteiger partial charge on any atom is -0.493 e. The van der Waals surface area contributed by atoms with Crippen LogP contribution < -0.4 is 4.74 Å². The molecular formula is C19H23N3O4. The number of hydrogen-bond acceptors (Lipinski definition) is 4. The lowest BCUT2D eigenvalue weighted by molar-refractivity contribution is -0.138. The molecule has 2 aromatic rings. The lowest BCUT2D eigenvalue weighted by Crippen LogP contribution is -2.40. The lowest BCUT2D eigenvalue weighted by atomic mass is 9.94. The van der Waals surface area contributed by atoms with E-state index in [0.717, 1.165) is 30.8 Å². The number of ether oxygens (including phenoxy) is 1. The molecule has 1 N–H and O–H groups in total. The smallest absolute Gasteiger partial charge is 0.325 e. The second-order valence-corrected chi connectivity index (χ2v) is 6.40. The average Bonchev–Trinajstić information content (AvgIpc) is 3.10. The zero-order valence-corrected chi connectivity index (χ0v) is 14.6. The lowest BCUT2D eigenvalue weighted by Gasteiger charge is -2.33. The average molecular weight is 357 g/mol. The zero-order chi connectivity index (χ0) is 18.4. The van der Waals surface area contributed by atoms with Crippen LogP contribution in [-0.4, -0.2) is 51.4 Å². The van der Waals surface area contributed by atoms with Gasteiger partial charge in [0.1, 0.15) is 12.3 Å². The number of carbonyl (C=O) groups is 2. The number of piperidine rings is 1. The predicted molar refractivity (Wildman–Crippen MR) is 95.0 cm³/mol. The highest BCUT2D eigenvalue weighted by Gasteiger charge is 2.27. The van der Waals surface area contributed by atoms with Gasteiger partial charge in [-0.05, 0) is 31.0 Å². The molecule has 2 heterocycles. The fraction of sp³-hybridized carbons (Fsp3) is 0.421. The van der Waals surface area contributed by atoms with Gasteiger partial charge in [-0.2, -0.15) is 5.10 Å². The summed E-state index contributed by atoms with van der Waals surface area (Å²) in [5.74, 6) is 0.0191. The van der Waals surface area contributed by atoms with E-state index in [9.17, 15) is 9.59 Å². The molecule has 7 heteroatoms. The van der Waals surface area contributed by atoms with Crippen LogP contribution in [0.3, 0.4) is 0 Å². The van der Waals surface area contributed by atoms with Crippen molar-refractivity contribution in [2.45, 2.75) is 31.7 Å². The summed E-state index contributed by atoms with van der Waals surface area (Å²) in [6, 6.07) is 11.3. The maximum Gasteiger partial charge on any atom is 0.325 e. The number of rotatable bonds is 7. The summed E-state index contributed by atoms with van der Waals surface area (Å²) in [6.07, 6.45) is 3.77. The van der Waals surface area contributed by atoms with Gasteiger partial charge < -0.3 is 14.7 Å². The van der Waals surface area contributed by atoms with Gasteiger partial charge in [0.25, 0.3) is 0 Å². The third-order valence-corrected chi connectivity index (χ3v) is 4.55. The Labute approximate surface area is 152 Å². The van der Waals surface area contributed by atoms with Crippen molar-refractivity contribution in [3.63, 3.8) is 0 Å². The van der Waals surface area contributed by atoms with Crippen molar-refractivity contribution in [1.29, 1.82) is 0 Å². The minimum absolute atomic E-state index is 0.0648. The van der Waals surface area contributed by atoms with Gasteiger partial charge >= 0.3 is 5.97 Å². The summed E-state index contributed by atoms with van der Waals surface area (Å²) in [5.41, 5.74) is 0.880. The van der Waals surface area contributed by atoms with Gasteiger partial charge in [-0.3, -0.25) is 14.3 Å². The van der Waals surface area contributed by atoms with Crippen molar-refractivity contribution in [3.8, 4) is 5.75 Å². The first-order valence-electron chi connectivity index (χ1n) is 8.82. The highest BCUT2D eigenvalue weighted by Crippen LogP contribution is 2.27. The quantitative estimate of drug-likeness (QED) is 0.821. The summed E-state index contributed by atoms with van der Waals surface area (Å²) in [5, 5.41) is 13.1. The topological polar surface area (TPSA) is 84.7 Å². The number of nitrogens with zero attached hydrogens (tertiary/aromatic N) is 3. The molecule has 0 spiro atoms. The Morgan fingerprint density at radius 2 is 2.04 bits per heavy atom. The van der Waals surface area contributed by atoms with Crippen LogP contribution in [0.25, 0.3) is 0 Å². The second-order valence-electron chi connectivity index (χ2n) is 6.40. The van der Waals surface area contributed by atoms with Crippen LogP contribution in [0.4, 0.5) is 0 Å². The van der Waals surface area contributed by atoms with Crippen LogP contribution in [0.2, 0.25) is 0 Å². The van der Waals surface area contributed by atoms with E-state index in [4.69, 9.17) is 9.84 Å². The molecule has 0 aliphatic carbocycles. The Morgan fingerprint density at radius 3 is 2.81 bits per heavy atom. The third-order valence-electron chi connectivity index (χ3n) is 4.55. The Morgan fingerprint density at radius 1 is 1.23 bits per heavy atom. The summed E-state index contributed by atoms with van der Waals surface area (Å²) in [4.78, 5) is 25.3. The molecule has 1 aliphatic rings. The molecule has 3 rings (SSSR count). The highest BCUT2D eigenvalue weighted by atomic mass is 16.5. The normalized spacial score (nSPS) is 17.1. The number of hydrogen-bond donors (Lipinski definition) is 1. The van der Waals surface area contributed by atoms with E-state index in [-0.39, 0.29) is 18.4 Å². The van der Waals surface area contributed by atoms with Crippen molar-refractivity contribution < 1.29 is 19.4 Å². The number of likely N-dealkylation sites (tertiary alicyclic amines) is 1. The number of para-hydroxylation sites is 1. The van der Waals surface area contributed by atoms with Crippen LogP contribution in [0.5, 0.6) is 5.75 Å². The van der Waals surface area contributed by atoms with Crippen molar-refractivity contribution in [1.82, 2.24) is 14.7 Å². The van der Waals surface area contributed by atoms with E-state index in [1.54, 1.807) is 6.20 Å². The van der Waals surface area contributed by atoms with E-state index in [0.29, 0.717) is 19.6 Å². The number of aromatic nitrogens is 2. The SMILES string of the molecule is O=C(O)Cn1nccc1[C@H]1CCCN(C(=O)CCOc2ccccc2)C1. The van der Waals surface area contributed by atoms with Gasteiger partial charge in [-0.1, -0.05) is 18.2 Å². The van der Waals surface area contributed by atoms with E-state index in [1.165, 1.54) is 4.68 Å². The van der Waals surface area contributed by atoms with Crippen LogP contribution in [0, 0.1) is 0 Å². The first-order valence-corrected chi connectivity index (χ1v) is 8.82. The number of aliphatic carboxylic acids is 1. The fourth-order valence-corrected chi connectivity index (χ4v) is 3.33. The molecule has 1 aromatic heterocycles. The molecule has 1 aliphatic heterocycles. The Balaban J connectivity index is 1.54. The van der Waals surface area contributed by atoms with Gasteiger partial charge in [-0.15, -0.1) is 0 Å². The molecule has 0 saturated carbocycles. The molecule has 0 unspecified atom stereocenters. The molecule has 138 valence electrons. The number of carbonyl (C=O) groups excluding carboxylic acids is 1. The fourth-order valence-electron chi connectivity index (χ4n) is 3.33. The van der Waals surface area contributed by atoms with Crippen LogP contribution in [0.1, 0.15) is 30.9 Å². The van der Waals surface area contributed by atoms with E-state index < -0.39 is 5.97 Å². The van der Waals surface area contributed by atoms with E-state index in [1.807, 2.05) is 41.3 Å². The molecule has 1 saturated heterocycles. The first-order chi connectivity index (χ1) is 12.6. The predicted octanol–water partition coefficient (Wildman–Crippen LogP) is 2.14. The largest absolute Gasteiger partial charge is 0.493 e. The van der Waals surface area contributed by atoms with E-state index in [2.05, 4.69) is 5.10 Å². The van der Waals surface area contributed by atoms with Gasteiger partial charge in [0.15, 0.2) is 0 Å². The van der Waals surface area contributed by atoms with Crippen molar-refractivity contribution >= 4 is 11.9 Å². The van der Waals surface area contributed by atoms with Crippen LogP contribution >= 0.6 is 0 Å². The second kappa shape index (κ2) is 8.51. The van der Waals surface area contributed by atoms with Crippen molar-refractivity contribution in [3.05, 3.63) is 48.3 Å². The minimum atomic E-state index is -0.920. The maximum absolute atomic E-state index is 12.5. The van der Waals surface area contributed by atoms with Gasteiger partial charge in [0.05, 0.1) is 13.0 Å². The molecule has 1 fully saturated rings. The number of carboxylic acids is 1. The number of benzene rings is 1. The maximum atomic E-state index is 12.5. The molecule has 0 radical (unpaired) electrons. The molecule has 26 heavy (non-hydrogen) atoms. The molecular weight excluding hydrogens is 334 g/mol. The standard InChI is InChI=1S/C19H23N3O4/c23-18(9-12-26-16-6-2-1-3-7-16)21-11-4-5-15(13-21)17-8-10-20-22(17)14-19(24)25/h1-3,6-8,10,15H,4-5,9,11-14H2,(H,24,25)/t15-/m0/s1. The first kappa shape index (κ1) is 18.0. The Hall–Kier alpha value is -2.83.